The van der Waals surface area contributed by atoms with Crippen molar-refractivity contribution in [2.75, 3.05) is 0 Å². The van der Waals surface area contributed by atoms with Crippen molar-refractivity contribution in [3.05, 3.63) is 34.9 Å². The lowest BCUT2D eigenvalue weighted by molar-refractivity contribution is 0.435. The van der Waals surface area contributed by atoms with E-state index in [9.17, 15) is 0 Å². The van der Waals surface area contributed by atoms with Crippen molar-refractivity contribution in [2.45, 2.75) is 57.5 Å². The molecule has 0 saturated heterocycles. The monoisotopic (exact) mass is 215 g/mol. The third-order valence-electron chi connectivity index (χ3n) is 4.07. The molecule has 0 amide bonds. The van der Waals surface area contributed by atoms with Gasteiger partial charge in [0.2, 0.25) is 0 Å². The average molecular weight is 215 g/mol. The highest BCUT2D eigenvalue weighted by Crippen LogP contribution is 2.47. The van der Waals surface area contributed by atoms with Gasteiger partial charge in [0, 0.05) is 12.1 Å². The summed E-state index contributed by atoms with van der Waals surface area (Å²) in [6.07, 6.45) is 5.41. The molecule has 0 radical (unpaired) electrons. The Kier molecular flexibility index (Phi) is 2.51. The molecule has 0 bridgehead atoms. The second kappa shape index (κ2) is 3.89. The van der Waals surface area contributed by atoms with E-state index in [1.165, 1.54) is 25.7 Å². The van der Waals surface area contributed by atoms with Crippen molar-refractivity contribution < 1.29 is 0 Å². The molecule has 0 fully saturated rings. The molecule has 2 aliphatic carbocycles. The minimum atomic E-state index is 0.584. The number of aryl methyl sites for hydroxylation is 1. The largest absolute Gasteiger partial charge is 0.308 e. The van der Waals surface area contributed by atoms with Crippen molar-refractivity contribution in [2.24, 2.45) is 0 Å². The number of benzene rings is 1. The normalized spacial score (nSPS) is 27.2. The topological polar surface area (TPSA) is 12.0 Å². The zero-order valence-electron chi connectivity index (χ0n) is 10.3. The Morgan fingerprint density at radius 1 is 1.31 bits per heavy atom. The fourth-order valence-corrected chi connectivity index (χ4v) is 3.54. The first-order valence-corrected chi connectivity index (χ1v) is 6.63. The van der Waals surface area contributed by atoms with E-state index in [0.29, 0.717) is 12.1 Å². The van der Waals surface area contributed by atoms with E-state index in [4.69, 9.17) is 0 Å². The molecule has 16 heavy (non-hydrogen) atoms. The summed E-state index contributed by atoms with van der Waals surface area (Å²) in [4.78, 5) is 0. The molecule has 3 rings (SSSR count). The number of nitrogens with one attached hydrogen (secondary N) is 1. The van der Waals surface area contributed by atoms with Crippen molar-refractivity contribution in [1.29, 1.82) is 0 Å². The van der Waals surface area contributed by atoms with Crippen LogP contribution in [-0.4, -0.2) is 6.04 Å². The molecule has 2 atom stereocenters. The molecule has 0 aromatic heterocycles. The van der Waals surface area contributed by atoms with Crippen molar-refractivity contribution in [3.63, 3.8) is 0 Å². The fraction of sp³-hybridized carbons (Fsp3) is 0.600. The van der Waals surface area contributed by atoms with Crippen LogP contribution in [0.25, 0.3) is 0 Å². The van der Waals surface area contributed by atoms with Crippen LogP contribution in [0.4, 0.5) is 0 Å². The van der Waals surface area contributed by atoms with Crippen LogP contribution < -0.4 is 5.32 Å². The molecular formula is C15H21N. The Morgan fingerprint density at radius 2 is 2.19 bits per heavy atom. The smallest absolute Gasteiger partial charge is 0.0331 e. The zero-order valence-corrected chi connectivity index (χ0v) is 10.3. The Bertz CT molecular complexity index is 394. The third-order valence-corrected chi connectivity index (χ3v) is 4.07. The predicted molar refractivity (Wildman–Crippen MR) is 67.8 cm³/mol. The minimum absolute atomic E-state index is 0.584. The van der Waals surface area contributed by atoms with E-state index in [2.05, 4.69) is 37.4 Å². The minimum Gasteiger partial charge on any atom is -0.308 e. The SMILES string of the molecule is CC(C)NC1CC2CCCc3cccc1c32. The second-order valence-corrected chi connectivity index (χ2v) is 5.62. The van der Waals surface area contributed by atoms with E-state index in [1.54, 1.807) is 16.7 Å². The Hall–Kier alpha value is -0.820. The van der Waals surface area contributed by atoms with Gasteiger partial charge in [0.25, 0.3) is 0 Å². The molecule has 0 heterocycles. The highest BCUT2D eigenvalue weighted by molar-refractivity contribution is 5.45. The van der Waals surface area contributed by atoms with Gasteiger partial charge in [-0.2, -0.15) is 0 Å². The van der Waals surface area contributed by atoms with Gasteiger partial charge in [0.05, 0.1) is 0 Å². The third kappa shape index (κ3) is 1.58. The Balaban J connectivity index is 1.99. The molecular weight excluding hydrogens is 194 g/mol. The van der Waals surface area contributed by atoms with Crippen molar-refractivity contribution in [3.8, 4) is 0 Å². The first-order chi connectivity index (χ1) is 7.75. The van der Waals surface area contributed by atoms with Crippen LogP contribution in [0.2, 0.25) is 0 Å². The summed E-state index contributed by atoms with van der Waals surface area (Å²) in [5.74, 6) is 0.844. The van der Waals surface area contributed by atoms with Crippen LogP contribution in [0.3, 0.4) is 0 Å². The average Bonchev–Trinajstić information content (AvgIpc) is 2.59. The van der Waals surface area contributed by atoms with E-state index in [0.717, 1.165) is 5.92 Å². The van der Waals surface area contributed by atoms with E-state index in [1.807, 2.05) is 0 Å². The number of rotatable bonds is 2. The van der Waals surface area contributed by atoms with Gasteiger partial charge >= 0.3 is 0 Å². The van der Waals surface area contributed by atoms with Gasteiger partial charge in [-0.3, -0.25) is 0 Å². The van der Waals surface area contributed by atoms with E-state index < -0.39 is 0 Å². The summed E-state index contributed by atoms with van der Waals surface area (Å²) in [6, 6.07) is 8.11. The van der Waals surface area contributed by atoms with Gasteiger partial charge in [0.1, 0.15) is 0 Å². The van der Waals surface area contributed by atoms with Crippen molar-refractivity contribution >= 4 is 0 Å². The number of hydrogen-bond donors (Lipinski definition) is 1. The van der Waals surface area contributed by atoms with Gasteiger partial charge < -0.3 is 5.32 Å². The molecule has 86 valence electrons. The molecule has 1 heteroatoms. The predicted octanol–water partition coefficient (Wildman–Crippen LogP) is 3.55. The quantitative estimate of drug-likeness (QED) is 0.795. The second-order valence-electron chi connectivity index (χ2n) is 5.62. The van der Waals surface area contributed by atoms with Crippen LogP contribution in [0.1, 0.15) is 61.8 Å². The molecule has 2 unspecified atom stereocenters. The lowest BCUT2D eigenvalue weighted by Gasteiger charge is -2.20. The lowest BCUT2D eigenvalue weighted by Crippen LogP contribution is -2.26. The molecule has 1 aromatic carbocycles. The van der Waals surface area contributed by atoms with Crippen LogP contribution >= 0.6 is 0 Å². The molecule has 0 spiro atoms. The highest BCUT2D eigenvalue weighted by Gasteiger charge is 2.34. The molecule has 1 N–H and O–H groups in total. The molecule has 0 aliphatic heterocycles. The summed E-state index contributed by atoms with van der Waals surface area (Å²) >= 11 is 0. The first-order valence-electron chi connectivity index (χ1n) is 6.63. The summed E-state index contributed by atoms with van der Waals surface area (Å²) in [6.45, 7) is 4.49. The lowest BCUT2D eigenvalue weighted by atomic mass is 9.84. The Labute approximate surface area is 98.3 Å². The summed E-state index contributed by atoms with van der Waals surface area (Å²) < 4.78 is 0. The van der Waals surface area contributed by atoms with Crippen molar-refractivity contribution in [1.82, 2.24) is 5.32 Å². The van der Waals surface area contributed by atoms with E-state index in [-0.39, 0.29) is 0 Å². The van der Waals surface area contributed by atoms with Gasteiger partial charge in [-0.1, -0.05) is 32.0 Å². The first kappa shape index (κ1) is 10.3. The maximum absolute atomic E-state index is 3.72. The van der Waals surface area contributed by atoms with Gasteiger partial charge in [0.15, 0.2) is 0 Å². The van der Waals surface area contributed by atoms with Gasteiger partial charge in [-0.05, 0) is 48.3 Å². The van der Waals surface area contributed by atoms with Crippen LogP contribution in [0.15, 0.2) is 18.2 Å². The van der Waals surface area contributed by atoms with Gasteiger partial charge in [-0.25, -0.2) is 0 Å². The molecule has 0 saturated carbocycles. The molecule has 1 aromatic rings. The molecule has 2 aliphatic rings. The van der Waals surface area contributed by atoms with E-state index >= 15 is 0 Å². The number of hydrogen-bond acceptors (Lipinski definition) is 1. The summed E-state index contributed by atoms with van der Waals surface area (Å²) in [5.41, 5.74) is 4.92. The Morgan fingerprint density at radius 3 is 3.00 bits per heavy atom. The van der Waals surface area contributed by atoms with Gasteiger partial charge in [-0.15, -0.1) is 0 Å². The maximum Gasteiger partial charge on any atom is 0.0331 e. The van der Waals surface area contributed by atoms with Crippen LogP contribution in [0.5, 0.6) is 0 Å². The van der Waals surface area contributed by atoms with Crippen LogP contribution in [-0.2, 0) is 6.42 Å². The maximum atomic E-state index is 3.72. The standard InChI is InChI=1S/C15H21N/c1-10(2)16-14-9-12-7-3-5-11-6-4-8-13(14)15(11)12/h4,6,8,10,12,14,16H,3,5,7,9H2,1-2H3. The summed E-state index contributed by atoms with van der Waals surface area (Å²) in [5, 5.41) is 3.72. The van der Waals surface area contributed by atoms with Crippen LogP contribution in [0, 0.1) is 0 Å². The highest BCUT2D eigenvalue weighted by atomic mass is 14.9. The fourth-order valence-electron chi connectivity index (χ4n) is 3.54. The zero-order chi connectivity index (χ0) is 11.1. The molecule has 1 nitrogen and oxygen atoms in total. The summed E-state index contributed by atoms with van der Waals surface area (Å²) in [7, 11) is 0.